The standard InChI is InChI=1S/C14H18N2/c1-3-14(6-7-14)9-11-4-5-12-13(8-11)16(2)10-15-12/h4-5,8,10H,3,6-7,9H2,1-2H3. The van der Waals surface area contributed by atoms with Gasteiger partial charge in [0.1, 0.15) is 0 Å². The number of hydrogen-bond acceptors (Lipinski definition) is 1. The van der Waals surface area contributed by atoms with Gasteiger partial charge in [0.25, 0.3) is 0 Å². The number of benzene rings is 1. The van der Waals surface area contributed by atoms with Crippen molar-refractivity contribution in [1.29, 1.82) is 0 Å². The van der Waals surface area contributed by atoms with Crippen LogP contribution in [0.2, 0.25) is 0 Å². The van der Waals surface area contributed by atoms with E-state index in [-0.39, 0.29) is 0 Å². The lowest BCUT2D eigenvalue weighted by atomic mass is 9.94. The Hall–Kier alpha value is -1.31. The molecule has 1 heterocycles. The molecule has 0 N–H and O–H groups in total. The average molecular weight is 214 g/mol. The minimum atomic E-state index is 0.631. The molecule has 0 radical (unpaired) electrons. The monoisotopic (exact) mass is 214 g/mol. The van der Waals surface area contributed by atoms with Gasteiger partial charge in [-0.25, -0.2) is 4.98 Å². The van der Waals surface area contributed by atoms with Crippen LogP contribution in [0.25, 0.3) is 11.0 Å². The first-order valence-electron chi connectivity index (χ1n) is 6.12. The lowest BCUT2D eigenvalue weighted by Crippen LogP contribution is -2.03. The zero-order chi connectivity index (χ0) is 11.2. The van der Waals surface area contributed by atoms with E-state index < -0.39 is 0 Å². The molecule has 16 heavy (non-hydrogen) atoms. The molecule has 0 saturated heterocycles. The number of fused-ring (bicyclic) bond motifs is 1. The number of aromatic nitrogens is 2. The predicted octanol–water partition coefficient (Wildman–Crippen LogP) is 3.31. The van der Waals surface area contributed by atoms with Gasteiger partial charge < -0.3 is 4.57 Å². The van der Waals surface area contributed by atoms with Gasteiger partial charge in [-0.2, -0.15) is 0 Å². The van der Waals surface area contributed by atoms with Gasteiger partial charge in [-0.3, -0.25) is 0 Å². The highest BCUT2D eigenvalue weighted by Crippen LogP contribution is 2.51. The lowest BCUT2D eigenvalue weighted by Gasteiger charge is -2.12. The maximum absolute atomic E-state index is 4.35. The molecule has 1 aromatic carbocycles. The van der Waals surface area contributed by atoms with E-state index in [1.54, 1.807) is 0 Å². The fraction of sp³-hybridized carbons (Fsp3) is 0.500. The predicted molar refractivity (Wildman–Crippen MR) is 66.4 cm³/mol. The quantitative estimate of drug-likeness (QED) is 0.766. The smallest absolute Gasteiger partial charge is 0.0955 e. The molecule has 2 nitrogen and oxygen atoms in total. The summed E-state index contributed by atoms with van der Waals surface area (Å²) in [7, 11) is 2.06. The Morgan fingerprint density at radius 2 is 2.19 bits per heavy atom. The highest BCUT2D eigenvalue weighted by molar-refractivity contribution is 5.76. The normalized spacial score (nSPS) is 17.9. The second kappa shape index (κ2) is 3.34. The van der Waals surface area contributed by atoms with Crippen LogP contribution in [0.3, 0.4) is 0 Å². The van der Waals surface area contributed by atoms with Crippen molar-refractivity contribution < 1.29 is 0 Å². The Morgan fingerprint density at radius 3 is 2.88 bits per heavy atom. The number of nitrogens with zero attached hydrogens (tertiary/aromatic N) is 2. The third-order valence-corrected chi connectivity index (χ3v) is 4.08. The van der Waals surface area contributed by atoms with Crippen molar-refractivity contribution in [1.82, 2.24) is 9.55 Å². The molecule has 2 heteroatoms. The Labute approximate surface area is 96.3 Å². The zero-order valence-electron chi connectivity index (χ0n) is 10.0. The van der Waals surface area contributed by atoms with Crippen LogP contribution in [0, 0.1) is 5.41 Å². The second-order valence-electron chi connectivity index (χ2n) is 5.21. The van der Waals surface area contributed by atoms with Gasteiger partial charge >= 0.3 is 0 Å². The van der Waals surface area contributed by atoms with E-state index in [1.807, 2.05) is 6.33 Å². The Morgan fingerprint density at radius 1 is 1.38 bits per heavy atom. The van der Waals surface area contributed by atoms with Crippen molar-refractivity contribution >= 4 is 11.0 Å². The van der Waals surface area contributed by atoms with Crippen molar-refractivity contribution in [3.8, 4) is 0 Å². The summed E-state index contributed by atoms with van der Waals surface area (Å²) in [5.41, 5.74) is 4.46. The van der Waals surface area contributed by atoms with E-state index in [0.29, 0.717) is 5.41 Å². The van der Waals surface area contributed by atoms with Crippen molar-refractivity contribution in [2.24, 2.45) is 12.5 Å². The van der Waals surface area contributed by atoms with Crippen molar-refractivity contribution in [2.75, 3.05) is 0 Å². The molecule has 3 rings (SSSR count). The average Bonchev–Trinajstić information content (AvgIpc) is 2.98. The Bertz CT molecular complexity index is 521. The summed E-state index contributed by atoms with van der Waals surface area (Å²) in [6, 6.07) is 6.69. The van der Waals surface area contributed by atoms with Crippen LogP contribution in [0.15, 0.2) is 24.5 Å². The van der Waals surface area contributed by atoms with Crippen LogP contribution in [0.4, 0.5) is 0 Å². The highest BCUT2D eigenvalue weighted by atomic mass is 15.0. The van der Waals surface area contributed by atoms with Crippen LogP contribution >= 0.6 is 0 Å². The molecular formula is C14H18N2. The second-order valence-corrected chi connectivity index (χ2v) is 5.21. The van der Waals surface area contributed by atoms with E-state index in [9.17, 15) is 0 Å². The molecule has 84 valence electrons. The first-order chi connectivity index (χ1) is 7.72. The summed E-state index contributed by atoms with van der Waals surface area (Å²) in [6.07, 6.45) is 7.27. The summed E-state index contributed by atoms with van der Waals surface area (Å²) >= 11 is 0. The third kappa shape index (κ3) is 1.53. The van der Waals surface area contributed by atoms with Crippen LogP contribution < -0.4 is 0 Å². The molecule has 1 aliphatic rings. The van der Waals surface area contributed by atoms with Gasteiger partial charge in [0.2, 0.25) is 0 Å². The van der Waals surface area contributed by atoms with E-state index in [4.69, 9.17) is 0 Å². The molecule has 0 spiro atoms. The summed E-state index contributed by atoms with van der Waals surface area (Å²) < 4.78 is 2.10. The summed E-state index contributed by atoms with van der Waals surface area (Å²) in [6.45, 7) is 2.32. The fourth-order valence-electron chi connectivity index (χ4n) is 2.55. The topological polar surface area (TPSA) is 17.8 Å². The molecule has 1 aliphatic carbocycles. The third-order valence-electron chi connectivity index (χ3n) is 4.08. The first kappa shape index (κ1) is 9.88. The highest BCUT2D eigenvalue weighted by Gasteiger charge is 2.40. The molecule has 1 fully saturated rings. The summed E-state index contributed by atoms with van der Waals surface area (Å²) in [5.74, 6) is 0. The molecular weight excluding hydrogens is 196 g/mol. The van der Waals surface area contributed by atoms with E-state index in [2.05, 4.69) is 41.7 Å². The van der Waals surface area contributed by atoms with Crippen LogP contribution in [-0.4, -0.2) is 9.55 Å². The van der Waals surface area contributed by atoms with Crippen LogP contribution in [0.1, 0.15) is 31.7 Å². The first-order valence-corrected chi connectivity index (χ1v) is 6.12. The maximum atomic E-state index is 4.35. The number of hydrogen-bond donors (Lipinski definition) is 0. The molecule has 0 atom stereocenters. The summed E-state index contributed by atoms with van der Waals surface area (Å²) in [5, 5.41) is 0. The lowest BCUT2D eigenvalue weighted by molar-refractivity contribution is 0.489. The van der Waals surface area contributed by atoms with Crippen molar-refractivity contribution in [3.63, 3.8) is 0 Å². The van der Waals surface area contributed by atoms with Gasteiger partial charge in [0.15, 0.2) is 0 Å². The number of imidazole rings is 1. The fourth-order valence-corrected chi connectivity index (χ4v) is 2.55. The molecule has 2 aromatic rings. The number of rotatable bonds is 3. The Balaban J connectivity index is 1.95. The van der Waals surface area contributed by atoms with Gasteiger partial charge in [-0.05, 0) is 42.4 Å². The zero-order valence-corrected chi connectivity index (χ0v) is 10.0. The molecule has 1 saturated carbocycles. The Kier molecular flexibility index (Phi) is 2.06. The summed E-state index contributed by atoms with van der Waals surface area (Å²) in [4.78, 5) is 4.35. The van der Waals surface area contributed by atoms with Crippen LogP contribution in [0.5, 0.6) is 0 Å². The van der Waals surface area contributed by atoms with E-state index >= 15 is 0 Å². The van der Waals surface area contributed by atoms with Gasteiger partial charge in [0, 0.05) is 7.05 Å². The van der Waals surface area contributed by atoms with Gasteiger partial charge in [-0.1, -0.05) is 19.4 Å². The van der Waals surface area contributed by atoms with Crippen molar-refractivity contribution in [2.45, 2.75) is 32.6 Å². The van der Waals surface area contributed by atoms with Gasteiger partial charge in [0.05, 0.1) is 17.4 Å². The van der Waals surface area contributed by atoms with E-state index in [0.717, 1.165) is 5.52 Å². The molecule has 0 aliphatic heterocycles. The number of aryl methyl sites for hydroxylation is 1. The molecule has 0 bridgehead atoms. The van der Waals surface area contributed by atoms with Crippen molar-refractivity contribution in [3.05, 3.63) is 30.1 Å². The van der Waals surface area contributed by atoms with E-state index in [1.165, 1.54) is 36.8 Å². The molecule has 1 aromatic heterocycles. The van der Waals surface area contributed by atoms with Crippen LogP contribution in [-0.2, 0) is 13.5 Å². The molecule has 0 unspecified atom stereocenters. The maximum Gasteiger partial charge on any atom is 0.0955 e. The molecule has 0 amide bonds. The SMILES string of the molecule is CCC1(Cc2ccc3ncn(C)c3c2)CC1. The minimum absolute atomic E-state index is 0.631. The minimum Gasteiger partial charge on any atom is -0.334 e. The largest absolute Gasteiger partial charge is 0.334 e. The van der Waals surface area contributed by atoms with Gasteiger partial charge in [-0.15, -0.1) is 0 Å².